The number of anilines is 3. The molecule has 1 saturated heterocycles. The number of aromatic nitrogens is 3. The van der Waals surface area contributed by atoms with Crippen molar-refractivity contribution >= 4 is 23.6 Å². The molecule has 0 unspecified atom stereocenters. The molecule has 0 spiro atoms. The molecule has 1 aliphatic heterocycles. The van der Waals surface area contributed by atoms with Gasteiger partial charge >= 0.3 is 6.03 Å². The zero-order valence-electron chi connectivity index (χ0n) is 19.7. The lowest BCUT2D eigenvalue weighted by molar-refractivity contribution is 0.220. The predicted molar refractivity (Wildman–Crippen MR) is 134 cm³/mol. The number of rotatable bonds is 10. The summed E-state index contributed by atoms with van der Waals surface area (Å²) in [6.45, 7) is 4.64. The van der Waals surface area contributed by atoms with Crippen LogP contribution in [0, 0.1) is 0 Å². The van der Waals surface area contributed by atoms with Gasteiger partial charge in [-0.25, -0.2) is 9.48 Å². The molecule has 0 radical (unpaired) electrons. The number of benzene rings is 2. The molecule has 3 aromatic rings. The van der Waals surface area contributed by atoms with Gasteiger partial charge in [0.2, 0.25) is 5.95 Å². The van der Waals surface area contributed by atoms with E-state index >= 15 is 0 Å². The Morgan fingerprint density at radius 3 is 2.68 bits per heavy atom. The van der Waals surface area contributed by atoms with Gasteiger partial charge in [0.05, 0.1) is 6.61 Å². The van der Waals surface area contributed by atoms with Gasteiger partial charge in [-0.15, -0.1) is 5.10 Å². The number of nitrogens with one attached hydrogen (secondary N) is 3. The summed E-state index contributed by atoms with van der Waals surface area (Å²) in [6.07, 6.45) is 4.75. The van der Waals surface area contributed by atoms with E-state index in [4.69, 9.17) is 4.74 Å². The van der Waals surface area contributed by atoms with Crippen molar-refractivity contribution in [3.63, 3.8) is 0 Å². The maximum absolute atomic E-state index is 12.1. The molecule has 9 nitrogen and oxygen atoms in total. The van der Waals surface area contributed by atoms with Crippen molar-refractivity contribution in [2.24, 2.45) is 7.05 Å². The molecule has 2 aromatic carbocycles. The van der Waals surface area contributed by atoms with E-state index in [1.54, 1.807) is 11.7 Å². The number of hydrogen-bond donors (Lipinski definition) is 3. The second-order valence-corrected chi connectivity index (χ2v) is 8.44. The molecule has 180 valence electrons. The summed E-state index contributed by atoms with van der Waals surface area (Å²) < 4.78 is 7.55. The van der Waals surface area contributed by atoms with Crippen LogP contribution >= 0.6 is 0 Å². The van der Waals surface area contributed by atoms with Gasteiger partial charge in [-0.2, -0.15) is 4.98 Å². The van der Waals surface area contributed by atoms with Gasteiger partial charge in [-0.1, -0.05) is 36.8 Å². The van der Waals surface area contributed by atoms with Crippen molar-refractivity contribution < 1.29 is 9.53 Å². The van der Waals surface area contributed by atoms with Gasteiger partial charge < -0.3 is 15.4 Å². The number of ether oxygens (including phenoxy) is 1. The second-order valence-electron chi connectivity index (χ2n) is 8.44. The number of piperidine rings is 1. The van der Waals surface area contributed by atoms with Crippen molar-refractivity contribution in [1.82, 2.24) is 19.7 Å². The van der Waals surface area contributed by atoms with Crippen molar-refractivity contribution in [3.05, 3.63) is 60.2 Å². The van der Waals surface area contributed by atoms with Crippen molar-refractivity contribution in [2.75, 3.05) is 42.2 Å². The normalized spacial score (nSPS) is 13.9. The lowest BCUT2D eigenvalue weighted by Gasteiger charge is -2.26. The number of aryl methyl sites for hydroxylation is 1. The van der Waals surface area contributed by atoms with E-state index in [1.165, 1.54) is 37.9 Å². The smallest absolute Gasteiger partial charge is 0.326 e. The van der Waals surface area contributed by atoms with Crippen molar-refractivity contribution in [2.45, 2.75) is 32.2 Å². The number of hydrogen-bond acceptors (Lipinski definition) is 6. The maximum Gasteiger partial charge on any atom is 0.326 e. The van der Waals surface area contributed by atoms with Crippen LogP contribution in [0.15, 0.2) is 54.6 Å². The van der Waals surface area contributed by atoms with Crippen LogP contribution in [0.5, 0.6) is 5.75 Å². The summed E-state index contributed by atoms with van der Waals surface area (Å²) in [6, 6.07) is 17.2. The SMILES string of the molecule is Cn1nc(NC(=O)Nc2ccccc2)nc1NCCCOc1cccc(CN2CCCCC2)c1. The maximum atomic E-state index is 12.1. The summed E-state index contributed by atoms with van der Waals surface area (Å²) >= 11 is 0. The molecule has 4 rings (SSSR count). The molecule has 0 atom stereocenters. The fourth-order valence-corrected chi connectivity index (χ4v) is 3.95. The number of para-hydroxylation sites is 1. The average molecular weight is 464 g/mol. The van der Waals surface area contributed by atoms with Crippen LogP contribution in [0.3, 0.4) is 0 Å². The Hall–Kier alpha value is -3.59. The third-order valence-electron chi connectivity index (χ3n) is 5.65. The second kappa shape index (κ2) is 12.0. The molecule has 0 aliphatic carbocycles. The summed E-state index contributed by atoms with van der Waals surface area (Å²) in [5, 5.41) is 12.9. The number of carbonyl (C=O) groups excluding carboxylic acids is 1. The van der Waals surface area contributed by atoms with E-state index in [1.807, 2.05) is 36.4 Å². The molecule has 34 heavy (non-hydrogen) atoms. The van der Waals surface area contributed by atoms with E-state index in [2.05, 4.69) is 49.1 Å². The van der Waals surface area contributed by atoms with Crippen molar-refractivity contribution in [1.29, 1.82) is 0 Å². The molecule has 0 saturated carbocycles. The molecular weight excluding hydrogens is 430 g/mol. The lowest BCUT2D eigenvalue weighted by Crippen LogP contribution is -2.29. The molecule has 2 heterocycles. The largest absolute Gasteiger partial charge is 0.494 e. The van der Waals surface area contributed by atoms with E-state index in [0.29, 0.717) is 24.8 Å². The lowest BCUT2D eigenvalue weighted by atomic mass is 10.1. The summed E-state index contributed by atoms with van der Waals surface area (Å²) in [5.41, 5.74) is 2.00. The van der Waals surface area contributed by atoms with Gasteiger partial charge in [0, 0.05) is 25.8 Å². The van der Waals surface area contributed by atoms with Crippen LogP contribution in [0.25, 0.3) is 0 Å². The summed E-state index contributed by atoms with van der Waals surface area (Å²) in [7, 11) is 1.78. The highest BCUT2D eigenvalue weighted by atomic mass is 16.5. The molecule has 1 aromatic heterocycles. The highest BCUT2D eigenvalue weighted by Gasteiger charge is 2.11. The topological polar surface area (TPSA) is 96.3 Å². The molecule has 0 bridgehead atoms. The minimum atomic E-state index is -0.390. The van der Waals surface area contributed by atoms with Gasteiger partial charge in [0.1, 0.15) is 5.75 Å². The van der Waals surface area contributed by atoms with E-state index < -0.39 is 0 Å². The standard InChI is InChI=1S/C25H33N7O2/c1-31-24(28-23(30-31)29-25(33)27-21-11-4-2-5-12-21)26-14-9-17-34-22-13-8-10-20(18-22)19-32-15-6-3-7-16-32/h2,4-5,8,10-13,18H,3,6-7,9,14-17,19H2,1H3,(H3,26,27,28,29,30,33). The Kier molecular flexibility index (Phi) is 8.34. The average Bonchev–Trinajstić information content (AvgIpc) is 3.19. The first-order valence-electron chi connectivity index (χ1n) is 11.9. The number of nitrogens with zero attached hydrogens (tertiary/aromatic N) is 4. The summed E-state index contributed by atoms with van der Waals surface area (Å²) in [4.78, 5) is 19.0. The first-order valence-corrected chi connectivity index (χ1v) is 11.9. The molecule has 9 heteroatoms. The first kappa shape index (κ1) is 23.6. The Morgan fingerprint density at radius 1 is 1.03 bits per heavy atom. The number of amides is 2. The Balaban J connectivity index is 1.17. The van der Waals surface area contributed by atoms with Gasteiger partial charge in [-0.3, -0.25) is 10.2 Å². The van der Waals surface area contributed by atoms with Gasteiger partial charge in [0.25, 0.3) is 5.95 Å². The van der Waals surface area contributed by atoms with Crippen LogP contribution in [-0.2, 0) is 13.6 Å². The Labute approximate surface area is 200 Å². The minimum Gasteiger partial charge on any atom is -0.494 e. The van der Waals surface area contributed by atoms with Crippen molar-refractivity contribution in [3.8, 4) is 5.75 Å². The fraction of sp³-hybridized carbons (Fsp3) is 0.400. The fourth-order valence-electron chi connectivity index (χ4n) is 3.95. The third kappa shape index (κ3) is 7.21. The van der Waals surface area contributed by atoms with E-state index in [0.717, 1.165) is 18.7 Å². The summed E-state index contributed by atoms with van der Waals surface area (Å²) in [5.74, 6) is 1.72. The van der Waals surface area contributed by atoms with Crippen LogP contribution < -0.4 is 20.7 Å². The Morgan fingerprint density at radius 2 is 1.85 bits per heavy atom. The predicted octanol–water partition coefficient (Wildman–Crippen LogP) is 4.33. The number of urea groups is 1. The Bertz CT molecular complexity index is 1050. The number of likely N-dealkylation sites (tertiary alicyclic amines) is 1. The van der Waals surface area contributed by atoms with E-state index in [9.17, 15) is 4.79 Å². The number of carbonyl (C=O) groups is 1. The van der Waals surface area contributed by atoms with Gasteiger partial charge in [0.15, 0.2) is 0 Å². The highest BCUT2D eigenvalue weighted by Crippen LogP contribution is 2.18. The molecule has 1 fully saturated rings. The molecular formula is C25H33N7O2. The zero-order valence-corrected chi connectivity index (χ0v) is 19.7. The van der Waals surface area contributed by atoms with Crippen LogP contribution in [0.4, 0.5) is 22.4 Å². The van der Waals surface area contributed by atoms with Crippen LogP contribution in [0.2, 0.25) is 0 Å². The first-order chi connectivity index (χ1) is 16.7. The molecule has 2 amide bonds. The monoisotopic (exact) mass is 463 g/mol. The minimum absolute atomic E-state index is 0.236. The van der Waals surface area contributed by atoms with E-state index in [-0.39, 0.29) is 12.0 Å². The third-order valence-corrected chi connectivity index (χ3v) is 5.65. The molecule has 1 aliphatic rings. The van der Waals surface area contributed by atoms with Crippen LogP contribution in [0.1, 0.15) is 31.2 Å². The molecule has 3 N–H and O–H groups in total. The zero-order chi connectivity index (χ0) is 23.6. The quantitative estimate of drug-likeness (QED) is 0.388. The van der Waals surface area contributed by atoms with Gasteiger partial charge in [-0.05, 0) is 62.2 Å². The highest BCUT2D eigenvalue weighted by molar-refractivity contribution is 5.98. The van der Waals surface area contributed by atoms with Crippen LogP contribution in [-0.4, -0.2) is 51.9 Å².